The summed E-state index contributed by atoms with van der Waals surface area (Å²) in [6.45, 7) is 0.675. The summed E-state index contributed by atoms with van der Waals surface area (Å²) in [4.78, 5) is 28.3. The number of fused-ring (bicyclic) bond motifs is 2. The third-order valence-electron chi connectivity index (χ3n) is 5.09. The fraction of sp³-hybridized carbons (Fsp3) is 0.0909. The van der Waals surface area contributed by atoms with Crippen molar-refractivity contribution in [2.75, 3.05) is 6.54 Å². The van der Waals surface area contributed by atoms with Crippen LogP contribution in [0.1, 0.15) is 21.6 Å². The highest BCUT2D eigenvalue weighted by molar-refractivity contribution is 7.80. The summed E-state index contributed by atoms with van der Waals surface area (Å²) in [5.41, 5.74) is 6.10. The Kier molecular flexibility index (Phi) is 4.10. The molecule has 6 nitrogen and oxygen atoms in total. The molecule has 0 atom stereocenters. The minimum Gasteiger partial charge on any atom is -0.352 e. The first-order valence-corrected chi connectivity index (χ1v) is 9.64. The van der Waals surface area contributed by atoms with Gasteiger partial charge in [-0.15, -0.1) is 0 Å². The minimum absolute atomic E-state index is 0.00436. The van der Waals surface area contributed by atoms with E-state index >= 15 is 0 Å². The lowest BCUT2D eigenvalue weighted by Crippen LogP contribution is -2.31. The molecular formula is C22H16N4O2S. The van der Waals surface area contributed by atoms with Gasteiger partial charge < -0.3 is 10.6 Å². The van der Waals surface area contributed by atoms with Gasteiger partial charge in [-0.25, -0.2) is 9.78 Å². The average molecular weight is 400 g/mol. The van der Waals surface area contributed by atoms with Gasteiger partial charge in [0.1, 0.15) is 4.99 Å². The van der Waals surface area contributed by atoms with Crippen molar-refractivity contribution in [3.63, 3.8) is 0 Å². The van der Waals surface area contributed by atoms with Gasteiger partial charge in [-0.3, -0.25) is 10.1 Å². The molecule has 3 aromatic rings. The van der Waals surface area contributed by atoms with Crippen molar-refractivity contribution in [1.82, 2.24) is 20.9 Å². The number of hydrogen-bond acceptors (Lipinski definition) is 4. The van der Waals surface area contributed by atoms with Crippen LogP contribution in [0.15, 0.2) is 54.2 Å². The first-order valence-electron chi connectivity index (χ1n) is 9.23. The molecule has 0 saturated carbocycles. The predicted octanol–water partition coefficient (Wildman–Crippen LogP) is 3.17. The molecule has 1 aromatic heterocycles. The first kappa shape index (κ1) is 17.5. The molecule has 2 aliphatic heterocycles. The van der Waals surface area contributed by atoms with E-state index in [1.807, 2.05) is 36.4 Å². The number of benzene rings is 2. The molecule has 0 radical (unpaired) electrons. The van der Waals surface area contributed by atoms with Gasteiger partial charge in [0.15, 0.2) is 0 Å². The summed E-state index contributed by atoms with van der Waals surface area (Å²) in [5.74, 6) is -0.00436. The minimum atomic E-state index is -0.325. The molecule has 3 N–H and O–H groups in total. The van der Waals surface area contributed by atoms with Crippen molar-refractivity contribution in [3.05, 3.63) is 71.0 Å². The van der Waals surface area contributed by atoms with Crippen LogP contribution in [0.25, 0.3) is 28.1 Å². The second-order valence-electron chi connectivity index (χ2n) is 6.99. The molecule has 142 valence electrons. The molecule has 3 heterocycles. The van der Waals surface area contributed by atoms with Gasteiger partial charge in [0, 0.05) is 17.5 Å². The lowest BCUT2D eigenvalue weighted by Gasteiger charge is -2.17. The second kappa shape index (κ2) is 6.79. The van der Waals surface area contributed by atoms with Crippen molar-refractivity contribution in [2.45, 2.75) is 6.42 Å². The maximum Gasteiger partial charge on any atom is 0.324 e. The Labute approximate surface area is 172 Å². The van der Waals surface area contributed by atoms with E-state index < -0.39 is 0 Å². The topological polar surface area (TPSA) is 83.1 Å². The third-order valence-corrected chi connectivity index (χ3v) is 5.41. The lowest BCUT2D eigenvalue weighted by atomic mass is 9.94. The summed E-state index contributed by atoms with van der Waals surface area (Å²) in [6.07, 6.45) is 2.59. The number of carbonyl (C=O) groups excluding carboxylic acids is 2. The van der Waals surface area contributed by atoms with Gasteiger partial charge in [0.05, 0.1) is 16.9 Å². The number of pyridine rings is 1. The van der Waals surface area contributed by atoms with Gasteiger partial charge >= 0.3 is 6.03 Å². The first-order chi connectivity index (χ1) is 14.1. The van der Waals surface area contributed by atoms with Crippen LogP contribution < -0.4 is 16.0 Å². The third kappa shape index (κ3) is 3.25. The summed E-state index contributed by atoms with van der Waals surface area (Å²) < 4.78 is 0. The van der Waals surface area contributed by atoms with Crippen LogP contribution in [0.3, 0.4) is 0 Å². The number of thiocarbonyl (C=S) groups is 1. The Morgan fingerprint density at radius 3 is 2.62 bits per heavy atom. The lowest BCUT2D eigenvalue weighted by molar-refractivity contribution is 0.0946. The van der Waals surface area contributed by atoms with Crippen molar-refractivity contribution in [1.29, 1.82) is 0 Å². The molecule has 5 rings (SSSR count). The standard InChI is InChI=1S/C22H16N4O2S/c27-20-17-5-2-12(9-14(17)7-8-23-20)13-3-6-18-15(10-13)1-4-16(24-18)11-19-21(29)26-22(28)25-19/h1-6,9-11H,7-8H2,(H,23,27)(H2,25,26,28,29)/b19-11-. The molecule has 2 aliphatic rings. The SMILES string of the molecule is O=C1NC(=S)/C(=C/c2ccc3cc(-c4ccc5c(c4)CCNC5=O)ccc3n2)N1. The highest BCUT2D eigenvalue weighted by Crippen LogP contribution is 2.27. The molecular weight excluding hydrogens is 384 g/mol. The number of amides is 3. The number of rotatable bonds is 2. The molecule has 7 heteroatoms. The fourth-order valence-electron chi connectivity index (χ4n) is 3.64. The zero-order valence-corrected chi connectivity index (χ0v) is 16.1. The molecule has 2 aromatic carbocycles. The summed E-state index contributed by atoms with van der Waals surface area (Å²) in [5, 5.41) is 9.08. The Morgan fingerprint density at radius 2 is 1.79 bits per heavy atom. The van der Waals surface area contributed by atoms with E-state index in [4.69, 9.17) is 12.2 Å². The highest BCUT2D eigenvalue weighted by atomic mass is 32.1. The van der Waals surface area contributed by atoms with Crippen molar-refractivity contribution in [3.8, 4) is 11.1 Å². The van der Waals surface area contributed by atoms with Crippen molar-refractivity contribution >= 4 is 46.1 Å². The number of hydrogen-bond donors (Lipinski definition) is 3. The van der Waals surface area contributed by atoms with E-state index in [9.17, 15) is 9.59 Å². The van der Waals surface area contributed by atoms with E-state index in [0.717, 1.165) is 39.6 Å². The second-order valence-corrected chi connectivity index (χ2v) is 7.40. The van der Waals surface area contributed by atoms with Crippen LogP contribution in [0, 0.1) is 0 Å². The predicted molar refractivity (Wildman–Crippen MR) is 115 cm³/mol. The Morgan fingerprint density at radius 1 is 0.966 bits per heavy atom. The maximum absolute atomic E-state index is 11.9. The quantitative estimate of drug-likeness (QED) is 0.456. The summed E-state index contributed by atoms with van der Waals surface area (Å²) in [6, 6.07) is 15.6. The van der Waals surface area contributed by atoms with Gasteiger partial charge in [-0.2, -0.15) is 0 Å². The highest BCUT2D eigenvalue weighted by Gasteiger charge is 2.19. The molecule has 1 fully saturated rings. The molecule has 3 amide bonds. The van der Waals surface area contributed by atoms with Gasteiger partial charge in [0.25, 0.3) is 5.91 Å². The smallest absolute Gasteiger partial charge is 0.324 e. The average Bonchev–Trinajstić information content (AvgIpc) is 3.04. The Bertz CT molecular complexity index is 1250. The molecule has 0 bridgehead atoms. The van der Waals surface area contributed by atoms with E-state index in [-0.39, 0.29) is 11.9 Å². The molecule has 0 aliphatic carbocycles. The summed E-state index contributed by atoms with van der Waals surface area (Å²) in [7, 11) is 0. The fourth-order valence-corrected chi connectivity index (χ4v) is 3.84. The number of nitrogens with one attached hydrogen (secondary N) is 3. The van der Waals surface area contributed by atoms with E-state index in [0.29, 0.717) is 22.9 Å². The van der Waals surface area contributed by atoms with E-state index in [1.165, 1.54) is 0 Å². The largest absolute Gasteiger partial charge is 0.352 e. The molecule has 0 unspecified atom stereocenters. The van der Waals surface area contributed by atoms with Crippen molar-refractivity contribution < 1.29 is 9.59 Å². The molecule has 1 saturated heterocycles. The van der Waals surface area contributed by atoms with Crippen LogP contribution in [-0.2, 0) is 6.42 Å². The number of carbonyl (C=O) groups is 2. The number of nitrogens with zero attached hydrogens (tertiary/aromatic N) is 1. The molecule has 29 heavy (non-hydrogen) atoms. The monoisotopic (exact) mass is 400 g/mol. The van der Waals surface area contributed by atoms with Crippen molar-refractivity contribution in [2.24, 2.45) is 0 Å². The zero-order valence-electron chi connectivity index (χ0n) is 15.3. The van der Waals surface area contributed by atoms with Crippen LogP contribution in [0.5, 0.6) is 0 Å². The number of urea groups is 1. The Hall–Kier alpha value is -3.58. The summed E-state index contributed by atoms with van der Waals surface area (Å²) >= 11 is 5.12. The van der Waals surface area contributed by atoms with E-state index in [2.05, 4.69) is 33.1 Å². The normalized spacial score (nSPS) is 17.1. The van der Waals surface area contributed by atoms with Gasteiger partial charge in [0.2, 0.25) is 0 Å². The van der Waals surface area contributed by atoms with Crippen LogP contribution in [0.2, 0.25) is 0 Å². The zero-order chi connectivity index (χ0) is 20.0. The van der Waals surface area contributed by atoms with Crippen LogP contribution in [-0.4, -0.2) is 28.5 Å². The van der Waals surface area contributed by atoms with Crippen LogP contribution >= 0.6 is 12.2 Å². The Balaban J connectivity index is 1.49. The van der Waals surface area contributed by atoms with Gasteiger partial charge in [-0.1, -0.05) is 36.5 Å². The maximum atomic E-state index is 11.9. The van der Waals surface area contributed by atoms with Crippen LogP contribution in [0.4, 0.5) is 4.79 Å². The van der Waals surface area contributed by atoms with Gasteiger partial charge in [-0.05, 0) is 53.5 Å². The number of aromatic nitrogens is 1. The van der Waals surface area contributed by atoms with E-state index in [1.54, 1.807) is 6.08 Å². The molecule has 0 spiro atoms.